The Balaban J connectivity index is 1.32. The topological polar surface area (TPSA) is 97.5 Å². The highest BCUT2D eigenvalue weighted by molar-refractivity contribution is 8.01. The first-order valence-electron chi connectivity index (χ1n) is 9.83. The van der Waals surface area contributed by atoms with Gasteiger partial charge >= 0.3 is 0 Å². The molecule has 1 saturated heterocycles. The first-order valence-corrected chi connectivity index (χ1v) is 12.5. The molecule has 31 heavy (non-hydrogen) atoms. The lowest BCUT2D eigenvalue weighted by molar-refractivity contribution is -0.122. The molecule has 1 atom stereocenters. The van der Waals surface area contributed by atoms with Crippen LogP contribution in [0.5, 0.6) is 0 Å². The molecule has 1 aliphatic heterocycles. The van der Waals surface area contributed by atoms with Crippen molar-refractivity contribution in [1.82, 2.24) is 15.2 Å². The third-order valence-electron chi connectivity index (χ3n) is 4.65. The molecule has 1 aromatic carbocycles. The molecule has 11 heteroatoms. The molecule has 0 bridgehead atoms. The summed E-state index contributed by atoms with van der Waals surface area (Å²) in [6.45, 7) is 3.44. The number of nitrogens with zero attached hydrogens (tertiary/aromatic N) is 2. The van der Waals surface area contributed by atoms with Gasteiger partial charge < -0.3 is 15.8 Å². The van der Waals surface area contributed by atoms with Gasteiger partial charge in [0.05, 0.1) is 22.8 Å². The van der Waals surface area contributed by atoms with E-state index in [9.17, 15) is 9.59 Å². The minimum absolute atomic E-state index is 0.00257. The first kappa shape index (κ1) is 24.3. The van der Waals surface area contributed by atoms with E-state index >= 15 is 0 Å². The molecule has 3 N–H and O–H groups in total. The Kier molecular flexibility index (Phi) is 9.43. The highest BCUT2D eigenvalue weighted by Crippen LogP contribution is 2.24. The zero-order valence-corrected chi connectivity index (χ0v) is 20.0. The lowest BCUT2D eigenvalue weighted by atomic mass is 10.2. The number of thiazole rings is 1. The van der Waals surface area contributed by atoms with Gasteiger partial charge in [0.2, 0.25) is 5.91 Å². The fraction of sp³-hybridized carbons (Fsp3) is 0.450. The van der Waals surface area contributed by atoms with Crippen molar-refractivity contribution in [2.75, 3.05) is 32.0 Å². The monoisotopic (exact) mass is 502 g/mol. The molecular weight excluding hydrogens is 479 g/mol. The molecule has 3 rings (SSSR count). The SMILES string of the molecule is NC(=O)c1csc(SCCCC(=O)NC[C@H]2CN(Cc3ccc(Cl)c(Cl)c3)CCO2)n1. The minimum Gasteiger partial charge on any atom is -0.374 e. The van der Waals surface area contributed by atoms with Gasteiger partial charge in [-0.1, -0.05) is 41.0 Å². The lowest BCUT2D eigenvalue weighted by Crippen LogP contribution is -2.47. The molecule has 1 aromatic heterocycles. The van der Waals surface area contributed by atoms with Gasteiger partial charge in [0, 0.05) is 43.7 Å². The molecule has 2 aromatic rings. The third kappa shape index (κ3) is 7.93. The second kappa shape index (κ2) is 12.0. The van der Waals surface area contributed by atoms with E-state index in [1.807, 2.05) is 12.1 Å². The van der Waals surface area contributed by atoms with Crippen LogP contribution in [0.2, 0.25) is 10.0 Å². The molecule has 1 aliphatic rings. The van der Waals surface area contributed by atoms with Crippen molar-refractivity contribution in [3.05, 3.63) is 44.9 Å². The van der Waals surface area contributed by atoms with E-state index in [4.69, 9.17) is 33.7 Å². The Morgan fingerprint density at radius 2 is 2.19 bits per heavy atom. The van der Waals surface area contributed by atoms with Crippen LogP contribution in [0.1, 0.15) is 28.9 Å². The van der Waals surface area contributed by atoms with Crippen molar-refractivity contribution < 1.29 is 14.3 Å². The summed E-state index contributed by atoms with van der Waals surface area (Å²) < 4.78 is 6.58. The van der Waals surface area contributed by atoms with E-state index in [1.54, 1.807) is 11.4 Å². The maximum atomic E-state index is 12.1. The second-order valence-electron chi connectivity index (χ2n) is 7.10. The number of nitrogens with one attached hydrogen (secondary N) is 1. The molecule has 2 heterocycles. The Hall–Kier alpha value is -1.36. The van der Waals surface area contributed by atoms with E-state index in [1.165, 1.54) is 23.1 Å². The smallest absolute Gasteiger partial charge is 0.268 e. The van der Waals surface area contributed by atoms with Gasteiger partial charge in [-0.05, 0) is 24.1 Å². The summed E-state index contributed by atoms with van der Waals surface area (Å²) in [7, 11) is 0. The quantitative estimate of drug-likeness (QED) is 0.381. The van der Waals surface area contributed by atoms with Crippen LogP contribution in [0.15, 0.2) is 27.9 Å². The number of halogens is 2. The number of morpholine rings is 1. The molecule has 0 saturated carbocycles. The van der Waals surface area contributed by atoms with E-state index in [0.29, 0.717) is 29.6 Å². The van der Waals surface area contributed by atoms with Crippen molar-refractivity contribution in [2.24, 2.45) is 5.73 Å². The Morgan fingerprint density at radius 3 is 2.94 bits per heavy atom. The number of amides is 2. The van der Waals surface area contributed by atoms with Crippen molar-refractivity contribution >= 4 is 58.1 Å². The van der Waals surface area contributed by atoms with Gasteiger partial charge in [-0.25, -0.2) is 4.98 Å². The highest BCUT2D eigenvalue weighted by atomic mass is 35.5. The fourth-order valence-corrected chi connectivity index (χ4v) is 5.23. The van der Waals surface area contributed by atoms with E-state index < -0.39 is 5.91 Å². The van der Waals surface area contributed by atoms with Crippen LogP contribution in [0, 0.1) is 0 Å². The molecule has 2 amide bonds. The molecule has 0 unspecified atom stereocenters. The van der Waals surface area contributed by atoms with Gasteiger partial charge in [-0.3, -0.25) is 14.5 Å². The van der Waals surface area contributed by atoms with Crippen LogP contribution >= 0.6 is 46.3 Å². The predicted molar refractivity (Wildman–Crippen MR) is 125 cm³/mol. The van der Waals surface area contributed by atoms with Gasteiger partial charge in [0.1, 0.15) is 5.69 Å². The number of ether oxygens (including phenoxy) is 1. The van der Waals surface area contributed by atoms with E-state index in [2.05, 4.69) is 15.2 Å². The maximum Gasteiger partial charge on any atom is 0.268 e. The van der Waals surface area contributed by atoms with Gasteiger partial charge in [0.15, 0.2) is 4.34 Å². The standard InChI is InChI=1S/C20H24Cl2N4O3S2/c21-15-4-3-13(8-16(15)22)10-26-5-6-29-14(11-26)9-24-18(27)2-1-7-30-20-25-17(12-31-20)19(23)28/h3-4,8,12,14H,1-2,5-7,9-11H2,(H2,23,28)(H,24,27)/t14-/m0/s1. The van der Waals surface area contributed by atoms with Crippen molar-refractivity contribution in [3.8, 4) is 0 Å². The number of nitrogens with two attached hydrogens (primary N) is 1. The fourth-order valence-electron chi connectivity index (χ4n) is 3.09. The number of hydrogen-bond acceptors (Lipinski definition) is 7. The number of hydrogen-bond donors (Lipinski definition) is 2. The predicted octanol–water partition coefficient (Wildman–Crippen LogP) is 3.44. The molecule has 0 spiro atoms. The first-order chi connectivity index (χ1) is 14.9. The highest BCUT2D eigenvalue weighted by Gasteiger charge is 2.21. The minimum atomic E-state index is -0.525. The number of carbonyl (C=O) groups is 2. The van der Waals surface area contributed by atoms with Crippen LogP contribution in [-0.4, -0.2) is 59.8 Å². The Bertz CT molecular complexity index is 912. The average molecular weight is 503 g/mol. The van der Waals surface area contributed by atoms with Crippen molar-refractivity contribution in [2.45, 2.75) is 29.8 Å². The molecule has 168 valence electrons. The Labute approximate surface area is 199 Å². The summed E-state index contributed by atoms with van der Waals surface area (Å²) in [4.78, 5) is 29.6. The summed E-state index contributed by atoms with van der Waals surface area (Å²) in [5.41, 5.74) is 6.57. The molecule has 0 aliphatic carbocycles. The van der Waals surface area contributed by atoms with Crippen LogP contribution in [0.25, 0.3) is 0 Å². The van der Waals surface area contributed by atoms with Crippen LogP contribution < -0.4 is 11.1 Å². The average Bonchev–Trinajstić information content (AvgIpc) is 3.22. The molecule has 7 nitrogen and oxygen atoms in total. The Morgan fingerprint density at radius 1 is 1.35 bits per heavy atom. The number of primary amides is 1. The second-order valence-corrected chi connectivity index (χ2v) is 10.1. The van der Waals surface area contributed by atoms with Crippen LogP contribution in [0.4, 0.5) is 0 Å². The largest absolute Gasteiger partial charge is 0.374 e. The summed E-state index contributed by atoms with van der Waals surface area (Å²) in [5.74, 6) is 0.224. The summed E-state index contributed by atoms with van der Waals surface area (Å²) in [5, 5.41) is 5.71. The lowest BCUT2D eigenvalue weighted by Gasteiger charge is -2.33. The molecule has 0 radical (unpaired) electrons. The molecule has 1 fully saturated rings. The number of rotatable bonds is 10. The number of thioether (sulfide) groups is 1. The number of aromatic nitrogens is 1. The van der Waals surface area contributed by atoms with Gasteiger partial charge in [-0.15, -0.1) is 11.3 Å². The van der Waals surface area contributed by atoms with Crippen molar-refractivity contribution in [1.29, 1.82) is 0 Å². The summed E-state index contributed by atoms with van der Waals surface area (Å²) in [6.07, 6.45) is 1.11. The number of benzene rings is 1. The van der Waals surface area contributed by atoms with Crippen LogP contribution in [0.3, 0.4) is 0 Å². The van der Waals surface area contributed by atoms with Crippen molar-refractivity contribution in [3.63, 3.8) is 0 Å². The van der Waals surface area contributed by atoms with E-state index in [-0.39, 0.29) is 17.7 Å². The third-order valence-corrected chi connectivity index (χ3v) is 7.50. The van der Waals surface area contributed by atoms with Crippen LogP contribution in [-0.2, 0) is 16.1 Å². The summed E-state index contributed by atoms with van der Waals surface area (Å²) in [6, 6.07) is 5.66. The zero-order valence-electron chi connectivity index (χ0n) is 16.8. The van der Waals surface area contributed by atoms with Gasteiger partial charge in [0.25, 0.3) is 5.91 Å². The maximum absolute atomic E-state index is 12.1. The zero-order chi connectivity index (χ0) is 22.2. The number of carbonyl (C=O) groups excluding carboxylic acids is 2. The van der Waals surface area contributed by atoms with Gasteiger partial charge in [-0.2, -0.15) is 0 Å². The van der Waals surface area contributed by atoms with E-state index in [0.717, 1.165) is 41.7 Å². The normalized spacial score (nSPS) is 16.9. The molecular formula is C20H24Cl2N4O3S2. The summed E-state index contributed by atoms with van der Waals surface area (Å²) >= 11 is 15.0.